The number of rotatable bonds is 3. The summed E-state index contributed by atoms with van der Waals surface area (Å²) in [6.45, 7) is 2.20. The second kappa shape index (κ2) is 3.99. The van der Waals surface area contributed by atoms with Crippen LogP contribution >= 0.6 is 22.9 Å². The largest absolute Gasteiger partial charge is 0.132 e. The molecule has 0 saturated carbocycles. The van der Waals surface area contributed by atoms with Crippen molar-refractivity contribution in [3.63, 3.8) is 0 Å². The Labute approximate surface area is 70.8 Å². The van der Waals surface area contributed by atoms with Crippen LogP contribution in [0.4, 0.5) is 0 Å². The molecule has 0 aliphatic rings. The third kappa shape index (κ3) is 2.31. The Morgan fingerprint density at radius 3 is 2.90 bits per heavy atom. The highest BCUT2D eigenvalue weighted by Crippen LogP contribution is 2.20. The Balaban J connectivity index is 2.42. The molecule has 1 rings (SSSR count). The Kier molecular flexibility index (Phi) is 3.23. The van der Waals surface area contributed by atoms with Crippen molar-refractivity contribution >= 4 is 22.9 Å². The number of hydrogen-bond donors (Lipinski definition) is 0. The van der Waals surface area contributed by atoms with Crippen molar-refractivity contribution in [2.24, 2.45) is 0 Å². The number of unbranched alkanes of at least 4 members (excludes halogenated alkanes) is 1. The summed E-state index contributed by atoms with van der Waals surface area (Å²) in [7, 11) is 0. The third-order valence-electron chi connectivity index (χ3n) is 1.44. The molecule has 1 aromatic rings. The van der Waals surface area contributed by atoms with Gasteiger partial charge in [0.05, 0.1) is 4.34 Å². The standard InChI is InChI=1S/C8H11ClS/c1-2-3-4-7-5-8(9)10-6-7/h5-6H,2-4H2,1H3. The van der Waals surface area contributed by atoms with E-state index in [0.717, 1.165) is 4.34 Å². The minimum absolute atomic E-state index is 0.908. The van der Waals surface area contributed by atoms with Crippen LogP contribution < -0.4 is 0 Å². The zero-order chi connectivity index (χ0) is 7.40. The van der Waals surface area contributed by atoms with Crippen molar-refractivity contribution < 1.29 is 0 Å². The van der Waals surface area contributed by atoms with Crippen LogP contribution in [0, 0.1) is 0 Å². The van der Waals surface area contributed by atoms with Gasteiger partial charge in [0.1, 0.15) is 0 Å². The molecule has 0 fully saturated rings. The van der Waals surface area contributed by atoms with Crippen molar-refractivity contribution in [3.05, 3.63) is 21.3 Å². The summed E-state index contributed by atoms with van der Waals surface area (Å²) in [6.07, 6.45) is 3.71. The average molecular weight is 175 g/mol. The maximum Gasteiger partial charge on any atom is 0.0931 e. The monoisotopic (exact) mass is 174 g/mol. The van der Waals surface area contributed by atoms with E-state index in [0.29, 0.717) is 0 Å². The minimum Gasteiger partial charge on any atom is -0.132 e. The molecule has 0 radical (unpaired) electrons. The number of thiophene rings is 1. The van der Waals surface area contributed by atoms with Gasteiger partial charge >= 0.3 is 0 Å². The zero-order valence-electron chi connectivity index (χ0n) is 6.06. The second-order valence-electron chi connectivity index (χ2n) is 2.36. The first kappa shape index (κ1) is 8.09. The first-order valence-electron chi connectivity index (χ1n) is 3.56. The molecule has 0 nitrogen and oxygen atoms in total. The van der Waals surface area contributed by atoms with Gasteiger partial charge in [-0.1, -0.05) is 24.9 Å². The summed E-state index contributed by atoms with van der Waals surface area (Å²) in [5.41, 5.74) is 1.39. The maximum atomic E-state index is 5.76. The lowest BCUT2D eigenvalue weighted by Crippen LogP contribution is -1.77. The third-order valence-corrected chi connectivity index (χ3v) is 2.58. The van der Waals surface area contributed by atoms with Gasteiger partial charge in [0, 0.05) is 0 Å². The normalized spacial score (nSPS) is 10.2. The Bertz CT molecular complexity index is 193. The number of hydrogen-bond acceptors (Lipinski definition) is 1. The van der Waals surface area contributed by atoms with Gasteiger partial charge in [-0.25, -0.2) is 0 Å². The molecule has 0 aliphatic carbocycles. The van der Waals surface area contributed by atoms with Crippen LogP contribution in [0.5, 0.6) is 0 Å². The van der Waals surface area contributed by atoms with Crippen LogP contribution in [-0.2, 0) is 6.42 Å². The number of halogens is 1. The summed E-state index contributed by atoms with van der Waals surface area (Å²) in [4.78, 5) is 0. The van der Waals surface area contributed by atoms with E-state index in [1.54, 1.807) is 11.3 Å². The average Bonchev–Trinajstić information content (AvgIpc) is 2.31. The summed E-state index contributed by atoms with van der Waals surface area (Å²) in [6, 6.07) is 2.06. The van der Waals surface area contributed by atoms with Crippen LogP contribution in [-0.4, -0.2) is 0 Å². The molecule has 0 saturated heterocycles. The molecule has 0 bridgehead atoms. The molecule has 0 unspecified atom stereocenters. The van der Waals surface area contributed by atoms with E-state index in [2.05, 4.69) is 18.4 Å². The lowest BCUT2D eigenvalue weighted by molar-refractivity contribution is 0.797. The molecule has 0 aliphatic heterocycles. The van der Waals surface area contributed by atoms with Crippen LogP contribution in [0.25, 0.3) is 0 Å². The predicted molar refractivity (Wildman–Crippen MR) is 47.9 cm³/mol. The predicted octanol–water partition coefficient (Wildman–Crippen LogP) is 3.74. The lowest BCUT2D eigenvalue weighted by atomic mass is 10.2. The summed E-state index contributed by atoms with van der Waals surface area (Å²) >= 11 is 7.38. The van der Waals surface area contributed by atoms with Crippen molar-refractivity contribution in [1.82, 2.24) is 0 Å². The molecule has 1 aromatic heterocycles. The van der Waals surface area contributed by atoms with E-state index >= 15 is 0 Å². The fourth-order valence-corrected chi connectivity index (χ4v) is 1.80. The smallest absolute Gasteiger partial charge is 0.0931 e. The molecule has 0 N–H and O–H groups in total. The summed E-state index contributed by atoms with van der Waals surface area (Å²) in [5, 5.41) is 2.14. The minimum atomic E-state index is 0.908. The molecule has 0 aromatic carbocycles. The molecule has 1 heterocycles. The van der Waals surface area contributed by atoms with Gasteiger partial charge in [0.15, 0.2) is 0 Å². The first-order chi connectivity index (χ1) is 4.83. The first-order valence-corrected chi connectivity index (χ1v) is 4.81. The fourth-order valence-electron chi connectivity index (χ4n) is 0.858. The van der Waals surface area contributed by atoms with Gasteiger partial charge in [-0.3, -0.25) is 0 Å². The van der Waals surface area contributed by atoms with Gasteiger partial charge in [0.2, 0.25) is 0 Å². The van der Waals surface area contributed by atoms with Crippen LogP contribution in [0.3, 0.4) is 0 Å². The van der Waals surface area contributed by atoms with E-state index in [-0.39, 0.29) is 0 Å². The van der Waals surface area contributed by atoms with Crippen LogP contribution in [0.1, 0.15) is 25.3 Å². The molecular weight excluding hydrogens is 164 g/mol. The maximum absolute atomic E-state index is 5.76. The Hall–Kier alpha value is -0.0100. The van der Waals surface area contributed by atoms with E-state index in [4.69, 9.17) is 11.6 Å². The fraction of sp³-hybridized carbons (Fsp3) is 0.500. The highest BCUT2D eigenvalue weighted by molar-refractivity contribution is 7.14. The lowest BCUT2D eigenvalue weighted by Gasteiger charge is -1.90. The quantitative estimate of drug-likeness (QED) is 0.655. The summed E-state index contributed by atoms with van der Waals surface area (Å²) in [5.74, 6) is 0. The van der Waals surface area contributed by atoms with Crippen LogP contribution in [0.15, 0.2) is 11.4 Å². The van der Waals surface area contributed by atoms with Gasteiger partial charge in [-0.05, 0) is 29.9 Å². The van der Waals surface area contributed by atoms with Gasteiger partial charge in [-0.15, -0.1) is 11.3 Å². The van der Waals surface area contributed by atoms with E-state index in [1.807, 2.05) is 0 Å². The molecule has 0 amide bonds. The highest BCUT2D eigenvalue weighted by Gasteiger charge is 1.95. The van der Waals surface area contributed by atoms with E-state index < -0.39 is 0 Å². The molecule has 0 atom stereocenters. The molecule has 56 valence electrons. The van der Waals surface area contributed by atoms with Crippen molar-refractivity contribution in [2.45, 2.75) is 26.2 Å². The molecule has 10 heavy (non-hydrogen) atoms. The van der Waals surface area contributed by atoms with Crippen molar-refractivity contribution in [2.75, 3.05) is 0 Å². The SMILES string of the molecule is CCCCc1csc(Cl)c1. The second-order valence-corrected chi connectivity index (χ2v) is 3.91. The summed E-state index contributed by atoms with van der Waals surface area (Å²) < 4.78 is 0.908. The molecule has 0 spiro atoms. The number of aryl methyl sites for hydroxylation is 1. The van der Waals surface area contributed by atoms with Gasteiger partial charge in [0.25, 0.3) is 0 Å². The Morgan fingerprint density at radius 1 is 1.60 bits per heavy atom. The molecule has 2 heteroatoms. The van der Waals surface area contributed by atoms with Crippen LogP contribution in [0.2, 0.25) is 4.34 Å². The highest BCUT2D eigenvalue weighted by atomic mass is 35.5. The van der Waals surface area contributed by atoms with E-state index in [9.17, 15) is 0 Å². The Morgan fingerprint density at radius 2 is 2.40 bits per heavy atom. The van der Waals surface area contributed by atoms with Gasteiger partial charge in [-0.2, -0.15) is 0 Å². The zero-order valence-corrected chi connectivity index (χ0v) is 7.63. The molecular formula is C8H11ClS. The van der Waals surface area contributed by atoms with Crippen molar-refractivity contribution in [1.29, 1.82) is 0 Å². The van der Waals surface area contributed by atoms with E-state index in [1.165, 1.54) is 24.8 Å². The van der Waals surface area contributed by atoms with Gasteiger partial charge < -0.3 is 0 Å². The van der Waals surface area contributed by atoms with Crippen molar-refractivity contribution in [3.8, 4) is 0 Å². The topological polar surface area (TPSA) is 0 Å².